The predicted octanol–water partition coefficient (Wildman–Crippen LogP) is -0.0478. The first-order valence-electron chi connectivity index (χ1n) is 5.68. The van der Waals surface area contributed by atoms with Crippen LogP contribution in [0.3, 0.4) is 0 Å². The van der Waals surface area contributed by atoms with E-state index in [1.807, 2.05) is 7.05 Å². The molecule has 0 radical (unpaired) electrons. The quantitative estimate of drug-likeness (QED) is 0.769. The average molecular weight is 235 g/mol. The van der Waals surface area contributed by atoms with Crippen LogP contribution in [0.1, 0.15) is 16.9 Å². The fourth-order valence-electron chi connectivity index (χ4n) is 1.91. The number of carbonyl (C=O) groups is 1. The number of nitrogens with zero attached hydrogens (tertiary/aromatic N) is 3. The molecule has 2 heterocycles. The van der Waals surface area contributed by atoms with Gasteiger partial charge in [0, 0.05) is 19.6 Å². The van der Waals surface area contributed by atoms with Gasteiger partial charge in [-0.25, -0.2) is 4.98 Å². The van der Waals surface area contributed by atoms with Crippen molar-refractivity contribution in [3.8, 4) is 0 Å². The number of rotatable bonds is 3. The van der Waals surface area contributed by atoms with E-state index < -0.39 is 0 Å². The zero-order chi connectivity index (χ0) is 12.3. The van der Waals surface area contributed by atoms with E-state index in [9.17, 15) is 4.79 Å². The SMILES string of the molecule is CNc1cncc(C(=O)NC2CCN(C)C2)n1. The van der Waals surface area contributed by atoms with Crippen LogP contribution in [0.15, 0.2) is 12.4 Å². The Morgan fingerprint density at radius 1 is 1.53 bits per heavy atom. The van der Waals surface area contributed by atoms with E-state index >= 15 is 0 Å². The molecule has 0 saturated carbocycles. The minimum Gasteiger partial charge on any atom is -0.372 e. The second-order valence-electron chi connectivity index (χ2n) is 4.26. The first-order chi connectivity index (χ1) is 8.19. The van der Waals surface area contributed by atoms with Gasteiger partial charge in [0.05, 0.1) is 12.4 Å². The molecule has 0 aliphatic carbocycles. The Bertz CT molecular complexity index is 409. The van der Waals surface area contributed by atoms with Gasteiger partial charge in [-0.1, -0.05) is 0 Å². The van der Waals surface area contributed by atoms with Gasteiger partial charge in [-0.2, -0.15) is 0 Å². The van der Waals surface area contributed by atoms with Crippen LogP contribution < -0.4 is 10.6 Å². The summed E-state index contributed by atoms with van der Waals surface area (Å²) in [4.78, 5) is 22.2. The topological polar surface area (TPSA) is 70.2 Å². The van der Waals surface area contributed by atoms with Gasteiger partial charge in [0.15, 0.2) is 0 Å². The highest BCUT2D eigenvalue weighted by molar-refractivity contribution is 5.92. The number of hydrogen-bond donors (Lipinski definition) is 2. The van der Waals surface area contributed by atoms with Crippen LogP contribution in [-0.4, -0.2) is 54.0 Å². The molecule has 1 aromatic rings. The summed E-state index contributed by atoms with van der Waals surface area (Å²) in [5.74, 6) is 0.441. The Morgan fingerprint density at radius 2 is 2.35 bits per heavy atom. The van der Waals surface area contributed by atoms with Gasteiger partial charge in [0.25, 0.3) is 5.91 Å². The Morgan fingerprint density at radius 3 is 3.00 bits per heavy atom. The molecule has 1 amide bonds. The van der Waals surface area contributed by atoms with Gasteiger partial charge in [-0.3, -0.25) is 9.78 Å². The van der Waals surface area contributed by atoms with E-state index in [0.717, 1.165) is 19.5 Å². The summed E-state index contributed by atoms with van der Waals surface area (Å²) in [7, 11) is 3.80. The number of anilines is 1. The first-order valence-corrected chi connectivity index (χ1v) is 5.68. The number of carbonyl (C=O) groups excluding carboxylic acids is 1. The second-order valence-corrected chi connectivity index (χ2v) is 4.26. The molecule has 17 heavy (non-hydrogen) atoms. The molecule has 92 valence electrons. The molecule has 1 aliphatic rings. The highest BCUT2D eigenvalue weighted by Crippen LogP contribution is 2.07. The lowest BCUT2D eigenvalue weighted by molar-refractivity contribution is 0.0933. The standard InChI is InChI=1S/C11H17N5O/c1-12-10-6-13-5-9(15-10)11(17)14-8-3-4-16(2)7-8/h5-6,8H,3-4,7H2,1-2H3,(H,12,15)(H,14,17). The van der Waals surface area contributed by atoms with E-state index in [0.29, 0.717) is 11.5 Å². The molecule has 0 spiro atoms. The molecule has 0 aromatic carbocycles. The van der Waals surface area contributed by atoms with E-state index in [4.69, 9.17) is 0 Å². The number of likely N-dealkylation sites (tertiary alicyclic amines) is 1. The molecule has 1 aliphatic heterocycles. The van der Waals surface area contributed by atoms with Crippen LogP contribution in [0.2, 0.25) is 0 Å². The summed E-state index contributed by atoms with van der Waals surface area (Å²) < 4.78 is 0. The molecule has 6 nitrogen and oxygen atoms in total. The third kappa shape index (κ3) is 2.91. The second kappa shape index (κ2) is 5.09. The van der Waals surface area contributed by atoms with Crippen LogP contribution in [0, 0.1) is 0 Å². The van der Waals surface area contributed by atoms with Crippen molar-refractivity contribution in [2.24, 2.45) is 0 Å². The van der Waals surface area contributed by atoms with Crippen molar-refractivity contribution in [1.82, 2.24) is 20.2 Å². The van der Waals surface area contributed by atoms with Crippen molar-refractivity contribution in [2.45, 2.75) is 12.5 Å². The lowest BCUT2D eigenvalue weighted by Crippen LogP contribution is -2.37. The zero-order valence-corrected chi connectivity index (χ0v) is 10.1. The summed E-state index contributed by atoms with van der Waals surface area (Å²) in [5, 5.41) is 5.83. The summed E-state index contributed by atoms with van der Waals surface area (Å²) >= 11 is 0. The van der Waals surface area contributed by atoms with Crippen LogP contribution in [0.25, 0.3) is 0 Å². The summed E-state index contributed by atoms with van der Waals surface area (Å²) in [6, 6.07) is 0.215. The molecule has 0 bridgehead atoms. The van der Waals surface area contributed by atoms with Crippen LogP contribution in [-0.2, 0) is 0 Å². The predicted molar refractivity (Wildman–Crippen MR) is 64.9 cm³/mol. The fraction of sp³-hybridized carbons (Fsp3) is 0.545. The molecule has 1 atom stereocenters. The van der Waals surface area contributed by atoms with E-state index in [1.165, 1.54) is 6.20 Å². The molecule has 6 heteroatoms. The summed E-state index contributed by atoms with van der Waals surface area (Å²) in [6.07, 6.45) is 4.05. The lowest BCUT2D eigenvalue weighted by atomic mass is 10.2. The molecule has 2 N–H and O–H groups in total. The molecule has 1 saturated heterocycles. The molecule has 1 fully saturated rings. The molecule has 2 rings (SSSR count). The smallest absolute Gasteiger partial charge is 0.271 e. The van der Waals surface area contributed by atoms with E-state index in [-0.39, 0.29) is 11.9 Å². The molecular weight excluding hydrogens is 218 g/mol. The van der Waals surface area contributed by atoms with Gasteiger partial charge in [0.2, 0.25) is 0 Å². The Hall–Kier alpha value is -1.69. The summed E-state index contributed by atoms with van der Waals surface area (Å²) in [6.45, 7) is 1.91. The number of hydrogen-bond acceptors (Lipinski definition) is 5. The van der Waals surface area contributed by atoms with Gasteiger partial charge in [-0.05, 0) is 20.0 Å². The van der Waals surface area contributed by atoms with Gasteiger partial charge < -0.3 is 15.5 Å². The maximum atomic E-state index is 11.9. The van der Waals surface area contributed by atoms with Crippen molar-refractivity contribution >= 4 is 11.7 Å². The monoisotopic (exact) mass is 235 g/mol. The first kappa shape index (κ1) is 11.8. The van der Waals surface area contributed by atoms with Crippen LogP contribution >= 0.6 is 0 Å². The van der Waals surface area contributed by atoms with E-state index in [2.05, 4.69) is 25.5 Å². The lowest BCUT2D eigenvalue weighted by Gasteiger charge is -2.12. The number of amides is 1. The van der Waals surface area contributed by atoms with Crippen LogP contribution in [0.4, 0.5) is 5.82 Å². The maximum absolute atomic E-state index is 11.9. The fourth-order valence-corrected chi connectivity index (χ4v) is 1.91. The minimum absolute atomic E-state index is 0.157. The zero-order valence-electron chi connectivity index (χ0n) is 10.1. The van der Waals surface area contributed by atoms with Gasteiger partial charge >= 0.3 is 0 Å². The van der Waals surface area contributed by atoms with Crippen molar-refractivity contribution in [2.75, 3.05) is 32.5 Å². The van der Waals surface area contributed by atoms with Crippen molar-refractivity contribution < 1.29 is 4.79 Å². The number of aromatic nitrogens is 2. The maximum Gasteiger partial charge on any atom is 0.271 e. The van der Waals surface area contributed by atoms with Crippen LogP contribution in [0.5, 0.6) is 0 Å². The van der Waals surface area contributed by atoms with Crippen molar-refractivity contribution in [3.05, 3.63) is 18.1 Å². The van der Waals surface area contributed by atoms with Gasteiger partial charge in [0.1, 0.15) is 11.5 Å². The largest absolute Gasteiger partial charge is 0.372 e. The van der Waals surface area contributed by atoms with Crippen molar-refractivity contribution in [1.29, 1.82) is 0 Å². The Balaban J connectivity index is 1.99. The number of nitrogens with one attached hydrogen (secondary N) is 2. The molecule has 1 aromatic heterocycles. The number of likely N-dealkylation sites (N-methyl/N-ethyl adjacent to an activating group) is 1. The molecule has 1 unspecified atom stereocenters. The third-order valence-corrected chi connectivity index (χ3v) is 2.85. The van der Waals surface area contributed by atoms with Crippen molar-refractivity contribution in [3.63, 3.8) is 0 Å². The molecular formula is C11H17N5O. The normalized spacial score (nSPS) is 20.2. The highest BCUT2D eigenvalue weighted by Gasteiger charge is 2.22. The Kier molecular flexibility index (Phi) is 3.53. The third-order valence-electron chi connectivity index (χ3n) is 2.85. The van der Waals surface area contributed by atoms with Gasteiger partial charge in [-0.15, -0.1) is 0 Å². The van der Waals surface area contributed by atoms with E-state index in [1.54, 1.807) is 13.2 Å². The highest BCUT2D eigenvalue weighted by atomic mass is 16.2. The minimum atomic E-state index is -0.157. The Labute approximate surface area is 100 Å². The average Bonchev–Trinajstić information content (AvgIpc) is 2.75. The summed E-state index contributed by atoms with van der Waals surface area (Å²) in [5.41, 5.74) is 0.353.